The summed E-state index contributed by atoms with van der Waals surface area (Å²) < 4.78 is 23.2. The van der Waals surface area contributed by atoms with Crippen molar-refractivity contribution < 1.29 is 13.2 Å². The van der Waals surface area contributed by atoms with E-state index >= 15 is 0 Å². The first-order valence-electron chi connectivity index (χ1n) is 6.74. The normalized spacial score (nSPS) is 18.2. The van der Waals surface area contributed by atoms with Gasteiger partial charge in [-0.05, 0) is 44.1 Å². The van der Waals surface area contributed by atoms with E-state index < -0.39 is 15.3 Å². The van der Waals surface area contributed by atoms with Crippen LogP contribution in [-0.4, -0.2) is 33.7 Å². The molecule has 0 atom stereocenters. The number of halogens is 1. The summed E-state index contributed by atoms with van der Waals surface area (Å²) in [6.45, 7) is 3.50. The van der Waals surface area contributed by atoms with Crippen LogP contribution in [0.25, 0.3) is 0 Å². The number of sulfone groups is 1. The van der Waals surface area contributed by atoms with Crippen molar-refractivity contribution in [2.45, 2.75) is 24.7 Å². The molecule has 21 heavy (non-hydrogen) atoms. The third-order valence-electron chi connectivity index (χ3n) is 3.87. The van der Waals surface area contributed by atoms with Crippen molar-refractivity contribution in [2.75, 3.05) is 24.7 Å². The second kappa shape index (κ2) is 5.94. The van der Waals surface area contributed by atoms with E-state index in [1.165, 1.54) is 18.2 Å². The van der Waals surface area contributed by atoms with Gasteiger partial charge in [-0.15, -0.1) is 0 Å². The van der Waals surface area contributed by atoms with Crippen LogP contribution in [0.3, 0.4) is 0 Å². The van der Waals surface area contributed by atoms with Crippen LogP contribution in [0, 0.1) is 5.41 Å². The molecule has 2 rings (SSSR count). The number of hydrogen-bond acceptors (Lipinski definition) is 4. The van der Waals surface area contributed by atoms with Crippen molar-refractivity contribution in [2.24, 2.45) is 5.41 Å². The number of carbonyl (C=O) groups excluding carboxylic acids is 1. The predicted octanol–water partition coefficient (Wildman–Crippen LogP) is 2.07. The lowest BCUT2D eigenvalue weighted by molar-refractivity contribution is -0.126. The Labute approximate surface area is 130 Å². The van der Waals surface area contributed by atoms with E-state index in [-0.39, 0.29) is 10.8 Å². The fourth-order valence-corrected chi connectivity index (χ4v) is 3.12. The van der Waals surface area contributed by atoms with E-state index in [0.717, 1.165) is 32.2 Å². The Morgan fingerprint density at radius 2 is 1.95 bits per heavy atom. The molecule has 116 valence electrons. The fraction of sp³-hybridized carbons (Fsp3) is 0.500. The van der Waals surface area contributed by atoms with Crippen molar-refractivity contribution in [1.29, 1.82) is 0 Å². The second-order valence-corrected chi connectivity index (χ2v) is 8.10. The van der Waals surface area contributed by atoms with Crippen LogP contribution >= 0.6 is 11.6 Å². The highest BCUT2D eigenvalue weighted by atomic mass is 35.5. The van der Waals surface area contributed by atoms with Gasteiger partial charge in [-0.3, -0.25) is 4.79 Å². The number of piperidine rings is 1. The first-order chi connectivity index (χ1) is 9.72. The maximum atomic E-state index is 12.5. The van der Waals surface area contributed by atoms with Crippen LogP contribution in [0.1, 0.15) is 19.8 Å². The first-order valence-corrected chi connectivity index (χ1v) is 9.01. The Morgan fingerprint density at radius 3 is 2.52 bits per heavy atom. The van der Waals surface area contributed by atoms with Crippen LogP contribution in [0.15, 0.2) is 23.1 Å². The van der Waals surface area contributed by atoms with Gasteiger partial charge in [-0.1, -0.05) is 18.5 Å². The van der Waals surface area contributed by atoms with Gasteiger partial charge in [0.05, 0.1) is 15.6 Å². The van der Waals surface area contributed by atoms with Crippen LogP contribution in [0.2, 0.25) is 5.02 Å². The van der Waals surface area contributed by atoms with Gasteiger partial charge in [0, 0.05) is 11.7 Å². The standard InChI is InChI=1S/C14H19ClN2O3S/c1-14(5-7-16-8-6-14)13(18)17-12-9-10(21(2,19)20)3-4-11(12)15/h3-4,9,16H,5-8H2,1-2H3,(H,17,18). The number of rotatable bonds is 3. The molecule has 1 aromatic rings. The minimum Gasteiger partial charge on any atom is -0.324 e. The van der Waals surface area contributed by atoms with Crippen molar-refractivity contribution >= 4 is 33.0 Å². The average molecular weight is 331 g/mol. The molecule has 2 N–H and O–H groups in total. The molecule has 0 aliphatic carbocycles. The molecular weight excluding hydrogens is 312 g/mol. The Bertz CT molecular complexity index is 652. The topological polar surface area (TPSA) is 75.3 Å². The Morgan fingerprint density at radius 1 is 1.33 bits per heavy atom. The van der Waals surface area contributed by atoms with Crippen LogP contribution in [-0.2, 0) is 14.6 Å². The molecule has 0 spiro atoms. The van der Waals surface area contributed by atoms with E-state index in [4.69, 9.17) is 11.6 Å². The van der Waals surface area contributed by atoms with Gasteiger partial charge in [0.2, 0.25) is 5.91 Å². The molecule has 1 fully saturated rings. The highest BCUT2D eigenvalue weighted by Crippen LogP contribution is 2.32. The number of carbonyl (C=O) groups is 1. The molecule has 0 radical (unpaired) electrons. The minimum absolute atomic E-state index is 0.128. The number of amides is 1. The van der Waals surface area contributed by atoms with Gasteiger partial charge in [-0.2, -0.15) is 0 Å². The van der Waals surface area contributed by atoms with Gasteiger partial charge in [0.1, 0.15) is 0 Å². The highest BCUT2D eigenvalue weighted by molar-refractivity contribution is 7.90. The zero-order valence-corrected chi connectivity index (χ0v) is 13.6. The van der Waals surface area contributed by atoms with E-state index in [1.54, 1.807) is 0 Å². The molecule has 0 aromatic heterocycles. The smallest absolute Gasteiger partial charge is 0.230 e. The monoisotopic (exact) mass is 330 g/mol. The summed E-state index contributed by atoms with van der Waals surface area (Å²) >= 11 is 6.05. The summed E-state index contributed by atoms with van der Waals surface area (Å²) in [5.74, 6) is -0.128. The summed E-state index contributed by atoms with van der Waals surface area (Å²) in [6.07, 6.45) is 2.60. The molecule has 7 heteroatoms. The maximum Gasteiger partial charge on any atom is 0.230 e. The zero-order valence-electron chi connectivity index (χ0n) is 12.1. The van der Waals surface area contributed by atoms with E-state index in [2.05, 4.69) is 10.6 Å². The molecule has 0 bridgehead atoms. The summed E-state index contributed by atoms with van der Waals surface area (Å²) in [6, 6.07) is 4.32. The lowest BCUT2D eigenvalue weighted by Crippen LogP contribution is -2.42. The second-order valence-electron chi connectivity index (χ2n) is 5.68. The number of hydrogen-bond donors (Lipinski definition) is 2. The molecular formula is C14H19ClN2O3S. The first kappa shape index (κ1) is 16.3. The van der Waals surface area contributed by atoms with E-state index in [1.807, 2.05) is 6.92 Å². The highest BCUT2D eigenvalue weighted by Gasteiger charge is 2.34. The molecule has 1 aliphatic rings. The maximum absolute atomic E-state index is 12.5. The number of anilines is 1. The Kier molecular flexibility index (Phi) is 4.60. The predicted molar refractivity (Wildman–Crippen MR) is 83.4 cm³/mol. The third kappa shape index (κ3) is 3.75. The molecule has 1 aliphatic heterocycles. The average Bonchev–Trinajstić information content (AvgIpc) is 2.40. The lowest BCUT2D eigenvalue weighted by Gasteiger charge is -2.32. The SMILES string of the molecule is CC1(C(=O)Nc2cc(S(C)(=O)=O)ccc2Cl)CCNCC1. The van der Waals surface area contributed by atoms with Gasteiger partial charge >= 0.3 is 0 Å². The van der Waals surface area contributed by atoms with Crippen molar-refractivity contribution in [3.05, 3.63) is 23.2 Å². The summed E-state index contributed by atoms with van der Waals surface area (Å²) in [5.41, 5.74) is -0.125. The van der Waals surface area contributed by atoms with Gasteiger partial charge in [-0.25, -0.2) is 8.42 Å². The minimum atomic E-state index is -3.34. The fourth-order valence-electron chi connectivity index (χ4n) is 2.31. The molecule has 5 nitrogen and oxygen atoms in total. The zero-order chi connectivity index (χ0) is 15.7. The summed E-state index contributed by atoms with van der Waals surface area (Å²) in [7, 11) is -3.34. The van der Waals surface area contributed by atoms with Gasteiger partial charge in [0.25, 0.3) is 0 Å². The van der Waals surface area contributed by atoms with Crippen LogP contribution < -0.4 is 10.6 Å². The largest absolute Gasteiger partial charge is 0.324 e. The molecule has 1 aromatic carbocycles. The van der Waals surface area contributed by atoms with Gasteiger partial charge in [0.15, 0.2) is 9.84 Å². The van der Waals surface area contributed by atoms with Gasteiger partial charge < -0.3 is 10.6 Å². The molecule has 0 unspecified atom stereocenters. The van der Waals surface area contributed by atoms with Crippen molar-refractivity contribution in [1.82, 2.24) is 5.32 Å². The summed E-state index contributed by atoms with van der Waals surface area (Å²) in [4.78, 5) is 12.6. The molecule has 1 heterocycles. The summed E-state index contributed by atoms with van der Waals surface area (Å²) in [5, 5.41) is 6.31. The van der Waals surface area contributed by atoms with Crippen molar-refractivity contribution in [3.8, 4) is 0 Å². The Balaban J connectivity index is 2.24. The number of nitrogens with one attached hydrogen (secondary N) is 2. The third-order valence-corrected chi connectivity index (χ3v) is 5.31. The van der Waals surface area contributed by atoms with E-state index in [0.29, 0.717) is 10.7 Å². The van der Waals surface area contributed by atoms with Crippen LogP contribution in [0.4, 0.5) is 5.69 Å². The lowest BCUT2D eigenvalue weighted by atomic mass is 9.80. The van der Waals surface area contributed by atoms with E-state index in [9.17, 15) is 13.2 Å². The molecule has 1 amide bonds. The van der Waals surface area contributed by atoms with Crippen LogP contribution in [0.5, 0.6) is 0 Å². The van der Waals surface area contributed by atoms with Crippen molar-refractivity contribution in [3.63, 3.8) is 0 Å². The number of benzene rings is 1. The quantitative estimate of drug-likeness (QED) is 0.889. The Hall–Kier alpha value is -1.11. The molecule has 0 saturated carbocycles. The molecule has 1 saturated heterocycles.